The summed E-state index contributed by atoms with van der Waals surface area (Å²) in [5, 5.41) is 1.26. The van der Waals surface area contributed by atoms with E-state index in [2.05, 4.69) is 0 Å². The molecule has 0 aromatic rings. The smallest absolute Gasteiger partial charge is 0.185 e. The molecule has 0 atom stereocenters. The first-order chi connectivity index (χ1) is 3.27. The van der Waals surface area contributed by atoms with Gasteiger partial charge in [-0.15, -0.1) is 12.4 Å². The molecular weight excluding hydrogens is 148 g/mol. The highest BCUT2D eigenvalue weighted by Crippen LogP contribution is 1.76. The first-order valence-corrected chi connectivity index (χ1v) is 3.32. The van der Waals surface area contributed by atoms with E-state index in [0.29, 0.717) is 6.42 Å². The van der Waals surface area contributed by atoms with E-state index in [-0.39, 0.29) is 12.4 Å². The van der Waals surface area contributed by atoms with Crippen LogP contribution >= 0.6 is 12.4 Å². The Morgan fingerprint density at radius 2 is 2.00 bits per heavy atom. The molecular formula is C4H9ClO2S. The topological polar surface area (TPSA) is 34.1 Å². The summed E-state index contributed by atoms with van der Waals surface area (Å²) in [5.41, 5.74) is 0. The van der Waals surface area contributed by atoms with Gasteiger partial charge in [-0.05, 0) is 6.42 Å². The lowest BCUT2D eigenvalue weighted by Gasteiger charge is -1.71. The highest BCUT2D eigenvalue weighted by Gasteiger charge is 1.70. The van der Waals surface area contributed by atoms with Crippen molar-refractivity contribution in [2.45, 2.75) is 19.8 Å². The van der Waals surface area contributed by atoms with Crippen LogP contribution in [0.4, 0.5) is 0 Å². The number of halogens is 1. The van der Waals surface area contributed by atoms with Gasteiger partial charge in [0.2, 0.25) is 10.3 Å². The lowest BCUT2D eigenvalue weighted by molar-refractivity contribution is 0.627. The molecule has 0 aliphatic heterocycles. The van der Waals surface area contributed by atoms with E-state index in [9.17, 15) is 8.42 Å². The molecule has 0 heterocycles. The molecule has 0 aliphatic rings. The fourth-order valence-electron chi connectivity index (χ4n) is 0.214. The average Bonchev–Trinajstić information content (AvgIpc) is 1.61. The minimum atomic E-state index is -1.94. The Balaban J connectivity index is 0. The van der Waals surface area contributed by atoms with Gasteiger partial charge in [0.25, 0.3) is 0 Å². The van der Waals surface area contributed by atoms with Crippen molar-refractivity contribution in [2.75, 3.05) is 0 Å². The normalized spacial score (nSPS) is 7.12. The second-order valence-electron chi connectivity index (χ2n) is 1.22. The molecule has 50 valence electrons. The molecule has 0 saturated heterocycles. The quantitative estimate of drug-likeness (QED) is 0.557. The summed E-state index contributed by atoms with van der Waals surface area (Å²) in [7, 11) is -1.94. The molecule has 0 aromatic carbocycles. The Bertz CT molecular complexity index is 139. The Morgan fingerprint density at radius 3 is 2.12 bits per heavy atom. The van der Waals surface area contributed by atoms with E-state index in [1.807, 2.05) is 6.92 Å². The van der Waals surface area contributed by atoms with Gasteiger partial charge < -0.3 is 0 Å². The van der Waals surface area contributed by atoms with Gasteiger partial charge in [-0.1, -0.05) is 13.3 Å². The molecule has 0 spiro atoms. The summed E-state index contributed by atoms with van der Waals surface area (Å²) in [6.07, 6.45) is 1.56. The standard InChI is InChI=1S/C4H8O2S.ClH/c1-2-3-4-7(5)6;/h4H,2-3H2,1H3;1H. The molecule has 0 unspecified atom stereocenters. The van der Waals surface area contributed by atoms with E-state index in [0.717, 1.165) is 6.42 Å². The van der Waals surface area contributed by atoms with Gasteiger partial charge in [-0.2, -0.15) is 8.42 Å². The highest BCUT2D eigenvalue weighted by molar-refractivity contribution is 7.71. The zero-order valence-electron chi connectivity index (χ0n) is 4.62. The van der Waals surface area contributed by atoms with Gasteiger partial charge in [0.1, 0.15) is 0 Å². The van der Waals surface area contributed by atoms with E-state index < -0.39 is 10.3 Å². The van der Waals surface area contributed by atoms with Gasteiger partial charge in [0.15, 0.2) is 0 Å². The Morgan fingerprint density at radius 1 is 1.50 bits per heavy atom. The second-order valence-corrected chi connectivity index (χ2v) is 2.07. The zero-order chi connectivity index (χ0) is 5.70. The molecule has 0 bridgehead atoms. The van der Waals surface area contributed by atoms with Crippen molar-refractivity contribution in [2.24, 2.45) is 0 Å². The Hall–Kier alpha value is -0.0200. The van der Waals surface area contributed by atoms with Gasteiger partial charge in [0.05, 0.1) is 0 Å². The fraction of sp³-hybridized carbons (Fsp3) is 0.750. The molecule has 2 nitrogen and oxygen atoms in total. The first-order valence-electron chi connectivity index (χ1n) is 2.18. The Kier molecular flexibility index (Phi) is 9.49. The minimum absolute atomic E-state index is 0. The van der Waals surface area contributed by atoms with Crippen LogP contribution in [0.3, 0.4) is 0 Å². The number of hydrogen-bond acceptors (Lipinski definition) is 2. The second kappa shape index (κ2) is 6.98. The van der Waals surface area contributed by atoms with E-state index in [1.54, 1.807) is 0 Å². The van der Waals surface area contributed by atoms with Crippen LogP contribution in [0, 0.1) is 0 Å². The van der Waals surface area contributed by atoms with Crippen molar-refractivity contribution in [3.8, 4) is 0 Å². The molecule has 8 heavy (non-hydrogen) atoms. The molecule has 0 rings (SSSR count). The molecule has 0 saturated carbocycles. The summed E-state index contributed by atoms with van der Waals surface area (Å²) in [4.78, 5) is 0. The van der Waals surface area contributed by atoms with Crippen molar-refractivity contribution < 1.29 is 8.42 Å². The molecule has 4 heteroatoms. The number of rotatable bonds is 2. The van der Waals surface area contributed by atoms with Crippen molar-refractivity contribution in [1.82, 2.24) is 0 Å². The SMILES string of the molecule is CCCC=S(=O)=O.Cl. The summed E-state index contributed by atoms with van der Waals surface area (Å²) in [5.74, 6) is 0. The van der Waals surface area contributed by atoms with Crippen LogP contribution in [-0.2, 0) is 10.3 Å². The van der Waals surface area contributed by atoms with Crippen molar-refractivity contribution >= 4 is 28.1 Å². The maximum atomic E-state index is 9.70. The third-order valence-corrected chi connectivity index (χ3v) is 1.05. The largest absolute Gasteiger partial charge is 0.209 e. The Labute approximate surface area is 56.8 Å². The predicted octanol–water partition coefficient (Wildman–Crippen LogP) is 0.890. The lowest BCUT2D eigenvalue weighted by atomic mass is 10.4. The van der Waals surface area contributed by atoms with E-state index in [1.165, 1.54) is 5.37 Å². The van der Waals surface area contributed by atoms with Crippen molar-refractivity contribution in [1.29, 1.82) is 0 Å². The summed E-state index contributed by atoms with van der Waals surface area (Å²) in [6.45, 7) is 1.93. The van der Waals surface area contributed by atoms with Crippen LogP contribution in [0.5, 0.6) is 0 Å². The van der Waals surface area contributed by atoms with Gasteiger partial charge >= 0.3 is 0 Å². The highest BCUT2D eigenvalue weighted by atomic mass is 35.5. The summed E-state index contributed by atoms with van der Waals surface area (Å²) < 4.78 is 19.4. The van der Waals surface area contributed by atoms with Crippen LogP contribution in [0.15, 0.2) is 0 Å². The number of unbranched alkanes of at least 4 members (excludes halogenated alkanes) is 1. The molecule has 0 radical (unpaired) electrons. The molecule has 0 aromatic heterocycles. The molecule has 0 N–H and O–H groups in total. The fourth-order valence-corrected chi connectivity index (χ4v) is 0.642. The van der Waals surface area contributed by atoms with E-state index >= 15 is 0 Å². The maximum absolute atomic E-state index is 9.70. The van der Waals surface area contributed by atoms with Crippen LogP contribution in [0.1, 0.15) is 19.8 Å². The predicted molar refractivity (Wildman–Crippen MR) is 37.1 cm³/mol. The molecule has 0 fully saturated rings. The zero-order valence-corrected chi connectivity index (χ0v) is 6.26. The molecule has 0 aliphatic carbocycles. The molecule has 0 amide bonds. The van der Waals surface area contributed by atoms with Gasteiger partial charge in [0, 0.05) is 5.37 Å². The van der Waals surface area contributed by atoms with Gasteiger partial charge in [-0.25, -0.2) is 0 Å². The minimum Gasteiger partial charge on any atom is -0.185 e. The van der Waals surface area contributed by atoms with Crippen molar-refractivity contribution in [3.63, 3.8) is 0 Å². The van der Waals surface area contributed by atoms with Gasteiger partial charge in [-0.3, -0.25) is 0 Å². The van der Waals surface area contributed by atoms with Crippen molar-refractivity contribution in [3.05, 3.63) is 0 Å². The van der Waals surface area contributed by atoms with Crippen LogP contribution in [-0.4, -0.2) is 13.8 Å². The number of hydrogen-bond donors (Lipinski definition) is 0. The van der Waals surface area contributed by atoms with E-state index in [4.69, 9.17) is 0 Å². The average molecular weight is 157 g/mol. The summed E-state index contributed by atoms with van der Waals surface area (Å²) in [6, 6.07) is 0. The first kappa shape index (κ1) is 10.9. The monoisotopic (exact) mass is 156 g/mol. The van der Waals surface area contributed by atoms with Crippen LogP contribution < -0.4 is 0 Å². The maximum Gasteiger partial charge on any atom is 0.209 e. The summed E-state index contributed by atoms with van der Waals surface area (Å²) >= 11 is 0. The third kappa shape index (κ3) is 9.36. The third-order valence-electron chi connectivity index (χ3n) is 0.543. The van der Waals surface area contributed by atoms with Crippen LogP contribution in [0.2, 0.25) is 0 Å². The lowest BCUT2D eigenvalue weighted by Crippen LogP contribution is -1.71. The van der Waals surface area contributed by atoms with Crippen LogP contribution in [0.25, 0.3) is 0 Å².